The van der Waals surface area contributed by atoms with Crippen molar-refractivity contribution in [3.8, 4) is 79.4 Å². The van der Waals surface area contributed by atoms with E-state index in [-0.39, 0.29) is 34.3 Å². The number of carbonyl (C=O) groups excluding carboxylic acids is 2. The maximum absolute atomic E-state index is 12.3. The van der Waals surface area contributed by atoms with E-state index in [1.807, 2.05) is 146 Å². The van der Waals surface area contributed by atoms with Crippen molar-refractivity contribution in [3.63, 3.8) is 0 Å². The van der Waals surface area contributed by atoms with Crippen LogP contribution in [0.5, 0.6) is 46.0 Å². The number of nitrogen functional groups attached to an aromatic ring is 1. The molecule has 0 saturated heterocycles. The summed E-state index contributed by atoms with van der Waals surface area (Å²) in [5, 5.41) is 35.1. The Kier molecular flexibility index (Phi) is 36.3. The van der Waals surface area contributed by atoms with Gasteiger partial charge in [0.05, 0.1) is 88.3 Å². The summed E-state index contributed by atoms with van der Waals surface area (Å²) in [5.74, 6) is 3.67. The average molecular weight is 1640 g/mol. The highest BCUT2D eigenvalue weighted by Gasteiger charge is 2.20. The lowest BCUT2D eigenvalue weighted by Crippen LogP contribution is -2.29. The number of carbonyl (C=O) groups is 3. The minimum absolute atomic E-state index is 0.00863. The first-order chi connectivity index (χ1) is 53.0. The zero-order valence-electron chi connectivity index (χ0n) is 62.3. The third-order valence-electron chi connectivity index (χ3n) is 14.8. The van der Waals surface area contributed by atoms with Crippen LogP contribution in [0.4, 0.5) is 28.7 Å². The van der Waals surface area contributed by atoms with Gasteiger partial charge in [-0.1, -0.05) is 108 Å². The van der Waals surface area contributed by atoms with E-state index in [1.165, 1.54) is 74.2 Å². The summed E-state index contributed by atoms with van der Waals surface area (Å²) in [6.45, 7) is 4.06. The molecule has 1 aliphatic rings. The molecule has 3 aromatic heterocycles. The molecule has 3 heterocycles. The molecule has 0 spiro atoms. The Morgan fingerprint density at radius 1 is 0.491 bits per heavy atom. The number of anilines is 5. The molecule has 1 aliphatic carbocycles. The standard InChI is InChI=1S/C22H23N3O4S.C20H19N3O4S.C14H15NO2.C8H11BO4.C8H9ClN2O2S.C6H5BrN/c1-5-29-21(26)17-13-23-22(30-4)25-20(17)24-16-8-6-7-14(11-16)15-9-10-18(27-2)19(12-15)28-3;1-26-16-8-7-13(10-17(16)27-2)12-5-4-6-14(9-12)22-18-15(19(24)25)11-21-20(23-18)28-3;1-16-13-7-6-11(9-14(13)17-2)10-4-3-5-12(15)8-10;1-12-7-4-3-6(9(10)11)5-8(7)13-2;1-3-13-7(12)5-4-10-8(14-2)11-6(5)9;7-5-2-1-3-6(8)4-5/h6-13H,5H2,1-4H3,(H,23,24,25);4-11H,1-3H3,(H,24,25)(H,21,22,23);3-9H,15H2,1-2H3;3-5,10-11H,1-2H3;4H,3H2,1-2H3;1,3-4H,8H2/q;;;;;+1. The molecule has 0 unspecified atom stereocenters. The maximum atomic E-state index is 12.3. The summed E-state index contributed by atoms with van der Waals surface area (Å²) in [5.41, 5.74) is 21.0. The van der Waals surface area contributed by atoms with Crippen LogP contribution in [0.1, 0.15) is 44.9 Å². The molecule has 11 rings (SSSR count). The molecule has 10 aromatic rings. The zero-order valence-corrected chi connectivity index (χ0v) is 67.1. The molecule has 32 heteroatoms. The summed E-state index contributed by atoms with van der Waals surface area (Å²) < 4.78 is 52.6. The highest BCUT2D eigenvalue weighted by Crippen LogP contribution is 2.37. The summed E-state index contributed by atoms with van der Waals surface area (Å²) >= 11 is 13.1. The smallest absolute Gasteiger partial charge is 0.488 e. The number of hydrogen-bond donors (Lipinski definition) is 7. The molecule has 574 valence electrons. The number of nitrogens with zero attached hydrogens (tertiary/aromatic N) is 6. The lowest BCUT2D eigenvalue weighted by atomic mass is 9.80. The molecule has 0 fully saturated rings. The number of esters is 2. The van der Waals surface area contributed by atoms with E-state index in [0.29, 0.717) is 79.3 Å². The largest absolute Gasteiger partial charge is 0.493 e. The van der Waals surface area contributed by atoms with Gasteiger partial charge in [-0.25, -0.2) is 44.3 Å². The van der Waals surface area contributed by atoms with Crippen molar-refractivity contribution < 1.29 is 76.9 Å². The quantitative estimate of drug-likeness (QED) is 0.00562. The van der Waals surface area contributed by atoms with Gasteiger partial charge in [-0.05, 0) is 172 Å². The fraction of sp³-hybridized carbons (Fsp3) is 0.192. The number of halogens is 2. The summed E-state index contributed by atoms with van der Waals surface area (Å²) in [7, 11) is 11.2. The number of carboxylic acids is 1. The first-order valence-corrected chi connectivity index (χ1v) is 37.6. The topological polar surface area (TPSA) is 358 Å². The molecule has 9 N–H and O–H groups in total. The Balaban J connectivity index is 0.000000216. The SMILES string of the molecule is CCOC(=O)c1cnc(SC)nc1Cl.CCOC(=O)c1cnc(SC)nc1Nc1cccc(-c2ccc(OC)c(OC)c2)c1.COc1ccc(-c2cccc(N)c2)cc1OC.COc1ccc(-c2cccc(Nc3nc(SC)ncc3C(=O)O)c2)cc1OC.COc1ccc(B(O)O)cc1OC.NC1=CC(Br)=[C+]C=C1. The number of allylic oxidation sites excluding steroid dienone is 5. The summed E-state index contributed by atoms with van der Waals surface area (Å²) in [6.07, 6.45) is 18.0. The van der Waals surface area contributed by atoms with Gasteiger partial charge in [-0.2, -0.15) is 0 Å². The zero-order chi connectivity index (χ0) is 80.2. The van der Waals surface area contributed by atoms with Crippen molar-refractivity contribution in [1.82, 2.24) is 29.9 Å². The van der Waals surface area contributed by atoms with E-state index in [2.05, 4.69) is 62.5 Å². The van der Waals surface area contributed by atoms with Gasteiger partial charge in [-0.15, -0.1) is 0 Å². The lowest BCUT2D eigenvalue weighted by Gasteiger charge is -2.13. The van der Waals surface area contributed by atoms with Gasteiger partial charge in [0.2, 0.25) is 0 Å². The molecular weight excluding hydrogens is 1560 g/mol. The van der Waals surface area contributed by atoms with Gasteiger partial charge in [-0.3, -0.25) is 0 Å². The van der Waals surface area contributed by atoms with Crippen LogP contribution in [0.15, 0.2) is 208 Å². The molecule has 26 nitrogen and oxygen atoms in total. The minimum Gasteiger partial charge on any atom is -0.493 e. The van der Waals surface area contributed by atoms with Crippen LogP contribution < -0.4 is 65.5 Å². The Labute approximate surface area is 664 Å². The highest BCUT2D eigenvalue weighted by atomic mass is 79.9. The van der Waals surface area contributed by atoms with Crippen LogP contribution in [-0.4, -0.2) is 159 Å². The van der Waals surface area contributed by atoms with E-state index in [9.17, 15) is 19.5 Å². The predicted molar refractivity (Wildman–Crippen MR) is 438 cm³/mol. The Bertz CT molecular complexity index is 4840. The van der Waals surface area contributed by atoms with E-state index in [1.54, 1.807) is 86.9 Å². The van der Waals surface area contributed by atoms with Crippen LogP contribution in [0.2, 0.25) is 5.15 Å². The third-order valence-corrected chi connectivity index (χ3v) is 17.2. The van der Waals surface area contributed by atoms with Crippen molar-refractivity contribution in [2.45, 2.75) is 29.3 Å². The highest BCUT2D eigenvalue weighted by molar-refractivity contribution is 9.11. The number of nitrogens with two attached hydrogens (primary N) is 2. The second-order valence-corrected chi connectivity index (χ2v) is 25.3. The Hall–Kier alpha value is -11.3. The number of carboxylic acid groups (broad SMARTS) is 1. The Morgan fingerprint density at radius 2 is 0.864 bits per heavy atom. The molecule has 0 atom stereocenters. The van der Waals surface area contributed by atoms with Gasteiger partial charge in [0.1, 0.15) is 45.3 Å². The molecule has 0 aliphatic heterocycles. The van der Waals surface area contributed by atoms with Crippen LogP contribution >= 0.6 is 62.8 Å². The monoisotopic (exact) mass is 1640 g/mol. The van der Waals surface area contributed by atoms with Crippen molar-refractivity contribution in [1.29, 1.82) is 0 Å². The normalized spacial score (nSPS) is 10.6. The van der Waals surface area contributed by atoms with Crippen LogP contribution in [0.3, 0.4) is 0 Å². The van der Waals surface area contributed by atoms with Crippen molar-refractivity contribution in [2.75, 3.05) is 105 Å². The van der Waals surface area contributed by atoms with Crippen molar-refractivity contribution in [2.24, 2.45) is 5.73 Å². The van der Waals surface area contributed by atoms with Gasteiger partial charge in [0, 0.05) is 35.7 Å². The van der Waals surface area contributed by atoms with Gasteiger partial charge >= 0.3 is 25.0 Å². The number of ether oxygens (including phenoxy) is 10. The second-order valence-electron chi connectivity index (χ2n) is 21.7. The number of rotatable bonds is 24. The van der Waals surface area contributed by atoms with Crippen molar-refractivity contribution in [3.05, 3.63) is 221 Å². The molecule has 7 aromatic carbocycles. The van der Waals surface area contributed by atoms with E-state index in [0.717, 1.165) is 60.7 Å². The minimum atomic E-state index is -1.49. The molecule has 0 amide bonds. The summed E-state index contributed by atoms with van der Waals surface area (Å²) in [6, 6.07) is 45.0. The first kappa shape index (κ1) is 87.6. The number of aromatic nitrogens is 6. The molecule has 0 saturated carbocycles. The van der Waals surface area contributed by atoms with Crippen molar-refractivity contribution >= 4 is 122 Å². The average Bonchev–Trinajstić information content (AvgIpc) is 0.828. The fourth-order valence-electron chi connectivity index (χ4n) is 9.48. The number of thioether (sulfide) groups is 3. The lowest BCUT2D eigenvalue weighted by molar-refractivity contribution is 0.0516. The number of aromatic carboxylic acids is 1. The van der Waals surface area contributed by atoms with Crippen LogP contribution in [0.25, 0.3) is 33.4 Å². The Morgan fingerprint density at radius 3 is 1.24 bits per heavy atom. The molecule has 0 bridgehead atoms. The number of benzene rings is 7. The van der Waals surface area contributed by atoms with Gasteiger partial charge < -0.3 is 84.6 Å². The maximum Gasteiger partial charge on any atom is 0.488 e. The summed E-state index contributed by atoms with van der Waals surface area (Å²) in [4.78, 5) is 59.8. The second kappa shape index (κ2) is 45.5. The van der Waals surface area contributed by atoms with Gasteiger partial charge in [0.15, 0.2) is 65.9 Å². The van der Waals surface area contributed by atoms with Crippen LogP contribution in [0, 0.1) is 6.08 Å². The number of nitrogens with one attached hydrogen (secondary N) is 2. The fourth-order valence-corrected chi connectivity index (χ4v) is 11.2. The number of methoxy groups -OCH3 is 8. The first-order valence-electron chi connectivity index (χ1n) is 32.8. The van der Waals surface area contributed by atoms with E-state index < -0.39 is 25.0 Å². The number of hydrogen-bond acceptors (Lipinski definition) is 28. The van der Waals surface area contributed by atoms with Crippen LogP contribution in [-0.2, 0) is 9.47 Å². The third kappa shape index (κ3) is 26.3. The van der Waals surface area contributed by atoms with E-state index >= 15 is 0 Å². The molecule has 0 radical (unpaired) electrons. The molecular formula is C78H82BBrClN10O16S3+. The van der Waals surface area contributed by atoms with E-state index in [4.69, 9.17) is 80.5 Å². The predicted octanol–water partition coefficient (Wildman–Crippen LogP) is 15.0. The molecule has 110 heavy (non-hydrogen) atoms. The van der Waals surface area contributed by atoms with Gasteiger partial charge in [0.25, 0.3) is 0 Å².